The van der Waals surface area contributed by atoms with E-state index in [4.69, 9.17) is 0 Å². The Labute approximate surface area is 132 Å². The van der Waals surface area contributed by atoms with Crippen molar-refractivity contribution in [2.24, 2.45) is 7.05 Å². The van der Waals surface area contributed by atoms with Gasteiger partial charge >= 0.3 is 5.69 Å². The molecule has 1 amide bonds. The van der Waals surface area contributed by atoms with Crippen LogP contribution in [-0.4, -0.2) is 15.0 Å². The summed E-state index contributed by atoms with van der Waals surface area (Å²) in [6.45, 7) is 0.236. The number of nitrogens with zero attached hydrogens (tertiary/aromatic N) is 2. The summed E-state index contributed by atoms with van der Waals surface area (Å²) in [6, 6.07) is 13.2. The molecule has 5 nitrogen and oxygen atoms in total. The van der Waals surface area contributed by atoms with E-state index in [2.05, 4.69) is 5.32 Å². The number of nitrogens with one attached hydrogen (secondary N) is 1. The average Bonchev–Trinajstić information content (AvgIpc) is 2.80. The van der Waals surface area contributed by atoms with E-state index in [-0.39, 0.29) is 24.0 Å². The molecular weight excluding hydrogens is 297 g/mol. The Hall–Kier alpha value is -2.89. The van der Waals surface area contributed by atoms with Crippen LogP contribution in [0.4, 0.5) is 4.39 Å². The fourth-order valence-electron chi connectivity index (χ4n) is 2.52. The molecule has 0 saturated carbocycles. The number of fused-ring (bicyclic) bond motifs is 1. The van der Waals surface area contributed by atoms with Crippen molar-refractivity contribution < 1.29 is 9.18 Å². The summed E-state index contributed by atoms with van der Waals surface area (Å²) in [4.78, 5) is 24.3. The number of aryl methyl sites for hydroxylation is 1. The van der Waals surface area contributed by atoms with Crippen molar-refractivity contribution in [3.8, 4) is 0 Å². The van der Waals surface area contributed by atoms with Crippen LogP contribution in [0.25, 0.3) is 11.0 Å². The number of para-hydroxylation sites is 2. The van der Waals surface area contributed by atoms with Crippen LogP contribution in [0.1, 0.15) is 5.56 Å². The van der Waals surface area contributed by atoms with Crippen LogP contribution in [0.5, 0.6) is 0 Å². The number of imidazole rings is 1. The fourth-order valence-corrected chi connectivity index (χ4v) is 2.52. The highest BCUT2D eigenvalue weighted by Gasteiger charge is 2.12. The van der Waals surface area contributed by atoms with Gasteiger partial charge in [0.2, 0.25) is 5.91 Å². The minimum Gasteiger partial charge on any atom is -0.350 e. The zero-order valence-electron chi connectivity index (χ0n) is 12.6. The van der Waals surface area contributed by atoms with Crippen molar-refractivity contribution in [2.75, 3.05) is 0 Å². The first kappa shape index (κ1) is 15.0. The van der Waals surface area contributed by atoms with Crippen molar-refractivity contribution in [3.05, 3.63) is 70.4 Å². The van der Waals surface area contributed by atoms with E-state index in [1.165, 1.54) is 21.3 Å². The van der Waals surface area contributed by atoms with Crippen LogP contribution in [-0.2, 0) is 24.9 Å². The van der Waals surface area contributed by atoms with Crippen molar-refractivity contribution in [2.45, 2.75) is 13.1 Å². The predicted molar refractivity (Wildman–Crippen MR) is 85.4 cm³/mol. The van der Waals surface area contributed by atoms with Crippen molar-refractivity contribution in [1.82, 2.24) is 14.5 Å². The maximum Gasteiger partial charge on any atom is 0.329 e. The van der Waals surface area contributed by atoms with Gasteiger partial charge in [-0.15, -0.1) is 0 Å². The molecule has 0 radical (unpaired) electrons. The Morgan fingerprint density at radius 3 is 2.43 bits per heavy atom. The number of benzene rings is 2. The van der Waals surface area contributed by atoms with Crippen LogP contribution >= 0.6 is 0 Å². The second-order valence-corrected chi connectivity index (χ2v) is 5.32. The molecule has 1 heterocycles. The Bertz CT molecular complexity index is 910. The van der Waals surface area contributed by atoms with E-state index in [1.54, 1.807) is 19.2 Å². The lowest BCUT2D eigenvalue weighted by atomic mass is 10.2. The molecule has 1 aromatic heterocycles. The van der Waals surface area contributed by atoms with Gasteiger partial charge in [-0.1, -0.05) is 24.3 Å². The van der Waals surface area contributed by atoms with Gasteiger partial charge in [0, 0.05) is 13.6 Å². The maximum absolute atomic E-state index is 12.8. The van der Waals surface area contributed by atoms with Gasteiger partial charge in [-0.2, -0.15) is 0 Å². The predicted octanol–water partition coefficient (Wildman–Crippen LogP) is 1.80. The van der Waals surface area contributed by atoms with Gasteiger partial charge in [0.25, 0.3) is 0 Å². The molecule has 0 aliphatic heterocycles. The van der Waals surface area contributed by atoms with Gasteiger partial charge in [0.15, 0.2) is 0 Å². The summed E-state index contributed by atoms with van der Waals surface area (Å²) in [6.07, 6.45) is 0. The third-order valence-electron chi connectivity index (χ3n) is 3.76. The van der Waals surface area contributed by atoms with Gasteiger partial charge in [-0.25, -0.2) is 9.18 Å². The Morgan fingerprint density at radius 1 is 1.09 bits per heavy atom. The number of rotatable bonds is 4. The molecule has 0 saturated heterocycles. The summed E-state index contributed by atoms with van der Waals surface area (Å²) in [5.41, 5.74) is 2.06. The summed E-state index contributed by atoms with van der Waals surface area (Å²) in [7, 11) is 1.68. The molecule has 0 bridgehead atoms. The van der Waals surface area contributed by atoms with E-state index in [0.717, 1.165) is 16.6 Å². The fraction of sp³-hybridized carbons (Fsp3) is 0.176. The molecule has 0 fully saturated rings. The van der Waals surface area contributed by atoms with E-state index in [0.29, 0.717) is 6.54 Å². The van der Waals surface area contributed by atoms with Crippen molar-refractivity contribution >= 4 is 16.9 Å². The second kappa shape index (κ2) is 6.08. The molecule has 3 rings (SSSR count). The minimum absolute atomic E-state index is 0.0542. The largest absolute Gasteiger partial charge is 0.350 e. The lowest BCUT2D eigenvalue weighted by Crippen LogP contribution is -2.32. The van der Waals surface area contributed by atoms with Gasteiger partial charge in [0.1, 0.15) is 12.4 Å². The number of amides is 1. The van der Waals surface area contributed by atoms with Gasteiger partial charge in [-0.05, 0) is 29.8 Å². The average molecular weight is 313 g/mol. The van der Waals surface area contributed by atoms with Crippen LogP contribution in [0.3, 0.4) is 0 Å². The number of carbonyl (C=O) groups is 1. The molecule has 2 aromatic carbocycles. The Balaban J connectivity index is 1.74. The summed E-state index contributed by atoms with van der Waals surface area (Å²) in [5.74, 6) is -0.588. The molecular formula is C17H16FN3O2. The molecule has 0 aliphatic carbocycles. The summed E-state index contributed by atoms with van der Waals surface area (Å²) in [5, 5.41) is 2.74. The molecule has 118 valence electrons. The monoisotopic (exact) mass is 313 g/mol. The van der Waals surface area contributed by atoms with Gasteiger partial charge < -0.3 is 5.32 Å². The molecule has 0 atom stereocenters. The lowest BCUT2D eigenvalue weighted by Gasteiger charge is -2.06. The first-order valence-corrected chi connectivity index (χ1v) is 7.21. The van der Waals surface area contributed by atoms with Crippen LogP contribution in [0.15, 0.2) is 53.3 Å². The summed E-state index contributed by atoms with van der Waals surface area (Å²) >= 11 is 0. The maximum atomic E-state index is 12.8. The minimum atomic E-state index is -0.317. The van der Waals surface area contributed by atoms with Crippen LogP contribution in [0.2, 0.25) is 0 Å². The third-order valence-corrected chi connectivity index (χ3v) is 3.76. The highest BCUT2D eigenvalue weighted by atomic mass is 19.1. The first-order chi connectivity index (χ1) is 11.1. The number of halogens is 1. The third kappa shape index (κ3) is 3.01. The SMILES string of the molecule is Cn1c(=O)n(CC(=O)NCc2ccc(F)cc2)c2ccccc21. The summed E-state index contributed by atoms with van der Waals surface area (Å²) < 4.78 is 15.8. The standard InChI is InChI=1S/C17H16FN3O2/c1-20-14-4-2-3-5-15(14)21(17(20)23)11-16(22)19-10-12-6-8-13(18)9-7-12/h2-9H,10-11H2,1H3,(H,19,22). The Kier molecular flexibility index (Phi) is 3.97. The van der Waals surface area contributed by atoms with Crippen LogP contribution < -0.4 is 11.0 Å². The smallest absolute Gasteiger partial charge is 0.329 e. The molecule has 6 heteroatoms. The van der Waals surface area contributed by atoms with Gasteiger partial charge in [0.05, 0.1) is 11.0 Å². The second-order valence-electron chi connectivity index (χ2n) is 5.32. The zero-order valence-corrected chi connectivity index (χ0v) is 12.6. The molecule has 1 N–H and O–H groups in total. The van der Waals surface area contributed by atoms with E-state index < -0.39 is 0 Å². The number of aromatic nitrogens is 2. The normalized spacial score (nSPS) is 10.9. The van der Waals surface area contributed by atoms with Crippen LogP contribution in [0, 0.1) is 5.82 Å². The van der Waals surface area contributed by atoms with Crippen molar-refractivity contribution in [1.29, 1.82) is 0 Å². The topological polar surface area (TPSA) is 56.0 Å². The highest BCUT2D eigenvalue weighted by molar-refractivity contribution is 5.80. The first-order valence-electron chi connectivity index (χ1n) is 7.21. The highest BCUT2D eigenvalue weighted by Crippen LogP contribution is 2.11. The van der Waals surface area contributed by atoms with E-state index >= 15 is 0 Å². The molecule has 23 heavy (non-hydrogen) atoms. The van der Waals surface area contributed by atoms with E-state index in [1.807, 2.05) is 24.3 Å². The molecule has 0 unspecified atom stereocenters. The van der Waals surface area contributed by atoms with Gasteiger partial charge in [-0.3, -0.25) is 13.9 Å². The number of hydrogen-bond acceptors (Lipinski definition) is 2. The molecule has 3 aromatic rings. The number of hydrogen-bond donors (Lipinski definition) is 1. The zero-order chi connectivity index (χ0) is 16.4. The number of carbonyl (C=O) groups excluding carboxylic acids is 1. The Morgan fingerprint density at radius 2 is 1.74 bits per heavy atom. The van der Waals surface area contributed by atoms with E-state index in [9.17, 15) is 14.0 Å². The van der Waals surface area contributed by atoms with Crippen molar-refractivity contribution in [3.63, 3.8) is 0 Å². The molecule has 0 spiro atoms. The quantitative estimate of drug-likeness (QED) is 0.798. The lowest BCUT2D eigenvalue weighted by molar-refractivity contribution is -0.121. The molecule has 0 aliphatic rings.